The molecular weight excluding hydrogens is 373 g/mol. The molecule has 0 bridgehead atoms. The summed E-state index contributed by atoms with van der Waals surface area (Å²) in [6, 6.07) is 0. The van der Waals surface area contributed by atoms with Gasteiger partial charge in [0, 0.05) is 6.54 Å². The third kappa shape index (κ3) is 3.22. The molecule has 1 atom stereocenters. The zero-order chi connectivity index (χ0) is 18.3. The molecule has 14 heteroatoms. The highest BCUT2D eigenvalue weighted by atomic mass is 32.2. The molecule has 0 spiro atoms. The molecule has 0 aromatic carbocycles. The summed E-state index contributed by atoms with van der Waals surface area (Å²) in [5.74, 6) is -14.6. The highest BCUT2D eigenvalue weighted by molar-refractivity contribution is 7.87. The smallest absolute Gasteiger partial charge is 0.388 e. The lowest BCUT2D eigenvalue weighted by Gasteiger charge is -2.33. The largest absolute Gasteiger partial charge is 0.460 e. The maximum absolute atomic E-state index is 13.3. The van der Waals surface area contributed by atoms with E-state index in [1.165, 1.54) is 6.20 Å². The van der Waals surface area contributed by atoms with Gasteiger partial charge >= 0.3 is 33.4 Å². The van der Waals surface area contributed by atoms with Crippen molar-refractivity contribution < 1.29 is 52.1 Å². The van der Waals surface area contributed by atoms with Gasteiger partial charge in [-0.05, 0) is 12.6 Å². The predicted octanol–water partition coefficient (Wildman–Crippen LogP) is 2.63. The van der Waals surface area contributed by atoms with E-state index in [4.69, 9.17) is 0 Å². The normalized spacial score (nSPS) is 21.2. The van der Waals surface area contributed by atoms with Crippen LogP contribution in [0.25, 0.3) is 0 Å². The molecule has 4 nitrogen and oxygen atoms in total. The SMILES string of the molecule is O=S(=O)(OC1CC=CNC1)C(F)(F)C(F)(F)C(F)(F)C(F)(F)F. The van der Waals surface area contributed by atoms with Crippen molar-refractivity contribution in [3.63, 3.8) is 0 Å². The van der Waals surface area contributed by atoms with Crippen LogP contribution in [-0.4, -0.2) is 44.3 Å². The van der Waals surface area contributed by atoms with Crippen molar-refractivity contribution in [2.45, 2.75) is 35.8 Å². The standard InChI is InChI=1S/C9H8F9NO3S/c10-6(11,8(14,15)16)7(12,13)9(17,18)23(20,21)22-5-2-1-3-19-4-5/h1,3,5,19H,2,4H2. The summed E-state index contributed by atoms with van der Waals surface area (Å²) in [6.07, 6.45) is -6.78. The molecule has 1 heterocycles. The Morgan fingerprint density at radius 3 is 1.87 bits per heavy atom. The Kier molecular flexibility index (Phi) is 4.94. The maximum Gasteiger partial charge on any atom is 0.460 e. The van der Waals surface area contributed by atoms with Crippen molar-refractivity contribution in [3.05, 3.63) is 12.3 Å². The van der Waals surface area contributed by atoms with Gasteiger partial charge in [0.25, 0.3) is 0 Å². The molecule has 0 radical (unpaired) electrons. The Morgan fingerprint density at radius 1 is 0.957 bits per heavy atom. The molecule has 0 saturated heterocycles. The Bertz CT molecular complexity index is 569. The molecule has 0 fully saturated rings. The number of hydrogen-bond donors (Lipinski definition) is 1. The molecule has 23 heavy (non-hydrogen) atoms. The van der Waals surface area contributed by atoms with Crippen molar-refractivity contribution >= 4 is 10.1 Å². The maximum atomic E-state index is 13.3. The first-order valence-corrected chi connectivity index (χ1v) is 7.00. The third-order valence-corrected chi connectivity index (χ3v) is 4.08. The fourth-order valence-electron chi connectivity index (χ4n) is 1.42. The van der Waals surface area contributed by atoms with E-state index in [1.807, 2.05) is 0 Å². The van der Waals surface area contributed by atoms with E-state index < -0.39 is 46.0 Å². The Labute approximate surface area is 123 Å². The fourth-order valence-corrected chi connectivity index (χ4v) is 2.48. The quantitative estimate of drug-likeness (QED) is 0.588. The zero-order valence-electron chi connectivity index (χ0n) is 10.7. The van der Waals surface area contributed by atoms with Crippen molar-refractivity contribution in [1.29, 1.82) is 0 Å². The van der Waals surface area contributed by atoms with Gasteiger partial charge in [0.2, 0.25) is 0 Å². The van der Waals surface area contributed by atoms with Crippen LogP contribution in [0.5, 0.6) is 0 Å². The van der Waals surface area contributed by atoms with E-state index in [2.05, 4.69) is 9.50 Å². The van der Waals surface area contributed by atoms with Gasteiger partial charge < -0.3 is 5.32 Å². The highest BCUT2D eigenvalue weighted by Gasteiger charge is 2.85. The molecule has 136 valence electrons. The van der Waals surface area contributed by atoms with Crippen molar-refractivity contribution in [1.82, 2.24) is 5.32 Å². The van der Waals surface area contributed by atoms with Gasteiger partial charge in [-0.15, -0.1) is 0 Å². The van der Waals surface area contributed by atoms with Crippen LogP contribution in [0, 0.1) is 0 Å². The molecule has 0 aromatic heterocycles. The lowest BCUT2D eigenvalue weighted by atomic mass is 10.1. The average molecular weight is 381 g/mol. The molecule has 1 aliphatic heterocycles. The highest BCUT2D eigenvalue weighted by Crippen LogP contribution is 2.55. The molecule has 0 saturated carbocycles. The fraction of sp³-hybridized carbons (Fsp3) is 0.778. The second-order valence-electron chi connectivity index (χ2n) is 4.38. The second kappa shape index (κ2) is 5.72. The van der Waals surface area contributed by atoms with E-state index >= 15 is 0 Å². The molecular formula is C9H8F9NO3S. The van der Waals surface area contributed by atoms with Gasteiger partial charge in [-0.1, -0.05) is 6.08 Å². The predicted molar refractivity (Wildman–Crippen MR) is 56.4 cm³/mol. The summed E-state index contributed by atoms with van der Waals surface area (Å²) in [7, 11) is -6.80. The van der Waals surface area contributed by atoms with E-state index in [0.29, 0.717) is 0 Å². The number of nitrogens with one attached hydrogen (secondary N) is 1. The van der Waals surface area contributed by atoms with E-state index in [0.717, 1.165) is 6.08 Å². The van der Waals surface area contributed by atoms with Crippen molar-refractivity contribution in [2.24, 2.45) is 0 Å². The summed E-state index contributed by atoms with van der Waals surface area (Å²) >= 11 is 0. The molecule has 1 rings (SSSR count). The van der Waals surface area contributed by atoms with Crippen LogP contribution in [0.1, 0.15) is 6.42 Å². The average Bonchev–Trinajstić information content (AvgIpc) is 2.37. The second-order valence-corrected chi connectivity index (χ2v) is 6.00. The van der Waals surface area contributed by atoms with E-state index in [1.54, 1.807) is 0 Å². The molecule has 1 aliphatic rings. The van der Waals surface area contributed by atoms with Crippen LogP contribution < -0.4 is 5.32 Å². The first-order chi connectivity index (χ1) is 10.1. The van der Waals surface area contributed by atoms with Crippen LogP contribution in [0.15, 0.2) is 12.3 Å². The minimum atomic E-state index is -7.30. The van der Waals surface area contributed by atoms with E-state index in [-0.39, 0.29) is 6.42 Å². The first kappa shape index (κ1) is 19.9. The van der Waals surface area contributed by atoms with Gasteiger partial charge in [-0.25, -0.2) is 0 Å². The monoisotopic (exact) mass is 381 g/mol. The first-order valence-electron chi connectivity index (χ1n) is 5.59. The van der Waals surface area contributed by atoms with Crippen LogP contribution in [0.4, 0.5) is 39.5 Å². The number of hydrogen-bond acceptors (Lipinski definition) is 4. The number of rotatable bonds is 5. The minimum Gasteiger partial charge on any atom is -0.388 e. The molecule has 0 aliphatic carbocycles. The van der Waals surface area contributed by atoms with Crippen LogP contribution in [-0.2, 0) is 14.3 Å². The van der Waals surface area contributed by atoms with Gasteiger partial charge in [0.05, 0.1) is 6.10 Å². The lowest BCUT2D eigenvalue weighted by molar-refractivity contribution is -0.382. The zero-order valence-corrected chi connectivity index (χ0v) is 11.5. The van der Waals surface area contributed by atoms with Crippen LogP contribution >= 0.6 is 0 Å². The van der Waals surface area contributed by atoms with Crippen LogP contribution in [0.2, 0.25) is 0 Å². The Balaban J connectivity index is 3.19. The van der Waals surface area contributed by atoms with Crippen molar-refractivity contribution in [2.75, 3.05) is 6.54 Å². The molecule has 0 aromatic rings. The number of halogens is 9. The van der Waals surface area contributed by atoms with Crippen molar-refractivity contribution in [3.8, 4) is 0 Å². The summed E-state index contributed by atoms with van der Waals surface area (Å²) in [5, 5.41) is -4.55. The van der Waals surface area contributed by atoms with Gasteiger partial charge in [-0.3, -0.25) is 4.18 Å². The molecule has 0 amide bonds. The molecule has 1 unspecified atom stereocenters. The Morgan fingerprint density at radius 2 is 1.48 bits per heavy atom. The van der Waals surface area contributed by atoms with Gasteiger partial charge in [-0.2, -0.15) is 47.9 Å². The van der Waals surface area contributed by atoms with Gasteiger partial charge in [0.1, 0.15) is 0 Å². The number of alkyl halides is 9. The van der Waals surface area contributed by atoms with E-state index in [9.17, 15) is 47.9 Å². The third-order valence-electron chi connectivity index (χ3n) is 2.67. The van der Waals surface area contributed by atoms with Gasteiger partial charge in [0.15, 0.2) is 0 Å². The minimum absolute atomic E-state index is 0.371. The summed E-state index contributed by atoms with van der Waals surface area (Å²) in [6.45, 7) is -0.465. The summed E-state index contributed by atoms with van der Waals surface area (Å²) < 4.78 is 139. The van der Waals surface area contributed by atoms with Crippen LogP contribution in [0.3, 0.4) is 0 Å². The Hall–Kier alpha value is -1.18. The lowest BCUT2D eigenvalue weighted by Crippen LogP contribution is -2.63. The summed E-state index contributed by atoms with van der Waals surface area (Å²) in [5.41, 5.74) is 0. The topological polar surface area (TPSA) is 55.4 Å². The molecule has 1 N–H and O–H groups in total. The summed E-state index contributed by atoms with van der Waals surface area (Å²) in [4.78, 5) is 0.